The number of aliphatic imine (C=N–C) groups is 1. The van der Waals surface area contributed by atoms with Crippen molar-refractivity contribution in [3.8, 4) is 0 Å². The zero-order valence-corrected chi connectivity index (χ0v) is 22.5. The Morgan fingerprint density at radius 2 is 1.66 bits per heavy atom. The van der Waals surface area contributed by atoms with Crippen LogP contribution in [0.2, 0.25) is 0 Å². The van der Waals surface area contributed by atoms with Crippen LogP contribution in [0.3, 0.4) is 0 Å². The van der Waals surface area contributed by atoms with Crippen molar-refractivity contribution in [2.75, 3.05) is 19.3 Å². The van der Waals surface area contributed by atoms with Crippen LogP contribution in [0.1, 0.15) is 50.3 Å². The Morgan fingerprint density at radius 3 is 2.22 bits per heavy atom. The van der Waals surface area contributed by atoms with Gasteiger partial charge in [0.1, 0.15) is 5.82 Å². The van der Waals surface area contributed by atoms with Crippen molar-refractivity contribution in [3.05, 3.63) is 71.0 Å². The Hall–Kier alpha value is -1.68. The first-order valence-corrected chi connectivity index (χ1v) is 12.8. The van der Waals surface area contributed by atoms with Crippen molar-refractivity contribution in [1.82, 2.24) is 10.6 Å². The highest BCUT2D eigenvalue weighted by Crippen LogP contribution is 2.30. The molecule has 32 heavy (non-hydrogen) atoms. The van der Waals surface area contributed by atoms with Crippen LogP contribution in [-0.2, 0) is 27.5 Å². The molecule has 2 rings (SSSR count). The van der Waals surface area contributed by atoms with E-state index in [0.29, 0.717) is 30.2 Å². The van der Waals surface area contributed by atoms with Gasteiger partial charge in [0, 0.05) is 24.8 Å². The number of nitrogens with zero attached hydrogens (tertiary/aromatic N) is 1. The van der Waals surface area contributed by atoms with Gasteiger partial charge in [0.2, 0.25) is 0 Å². The Balaban J connectivity index is 0.00000512. The first-order chi connectivity index (χ1) is 14.7. The largest absolute Gasteiger partial charge is 0.357 e. The summed E-state index contributed by atoms with van der Waals surface area (Å²) in [6.07, 6.45) is 3.12. The van der Waals surface area contributed by atoms with E-state index in [9.17, 15) is 12.8 Å². The molecule has 0 aliphatic rings. The average molecular weight is 576 g/mol. The van der Waals surface area contributed by atoms with Crippen molar-refractivity contribution in [2.45, 2.75) is 51.3 Å². The summed E-state index contributed by atoms with van der Waals surface area (Å²) in [5, 5.41) is 6.68. The van der Waals surface area contributed by atoms with Gasteiger partial charge in [-0.3, -0.25) is 0 Å². The van der Waals surface area contributed by atoms with E-state index in [2.05, 4.69) is 53.7 Å². The molecule has 0 fully saturated rings. The Labute approximate surface area is 209 Å². The fraction of sp³-hybridized carbons (Fsp3) is 0.458. The summed E-state index contributed by atoms with van der Waals surface area (Å²) in [7, 11) is -3.23. The van der Waals surface area contributed by atoms with Crippen LogP contribution in [-0.4, -0.2) is 33.7 Å². The molecule has 0 amide bonds. The maximum atomic E-state index is 13.8. The summed E-state index contributed by atoms with van der Waals surface area (Å²) in [5.41, 5.74) is 2.40. The SMILES string of the molecule is CCNC(=NCc1cc(F)ccc1CS(C)(=O)=O)NCC(CC)(CC)c1ccccc1.I. The van der Waals surface area contributed by atoms with Gasteiger partial charge >= 0.3 is 0 Å². The molecule has 0 spiro atoms. The number of guanidine groups is 1. The van der Waals surface area contributed by atoms with E-state index in [4.69, 9.17) is 0 Å². The highest BCUT2D eigenvalue weighted by Gasteiger charge is 2.28. The van der Waals surface area contributed by atoms with Crippen LogP contribution < -0.4 is 10.6 Å². The van der Waals surface area contributed by atoms with Crippen LogP contribution >= 0.6 is 24.0 Å². The predicted octanol–water partition coefficient (Wildman–Crippen LogP) is 4.80. The molecule has 0 unspecified atom stereocenters. The number of rotatable bonds is 10. The maximum absolute atomic E-state index is 13.8. The molecule has 2 aromatic carbocycles. The number of hydrogen-bond acceptors (Lipinski definition) is 3. The van der Waals surface area contributed by atoms with E-state index in [1.54, 1.807) is 0 Å². The molecule has 0 bridgehead atoms. The quantitative estimate of drug-likeness (QED) is 0.243. The molecule has 0 radical (unpaired) electrons. The second kappa shape index (κ2) is 13.1. The fourth-order valence-corrected chi connectivity index (χ4v) is 4.57. The number of nitrogens with one attached hydrogen (secondary N) is 2. The third-order valence-corrected chi connectivity index (χ3v) is 6.51. The molecule has 2 N–H and O–H groups in total. The molecule has 0 aliphatic heterocycles. The van der Waals surface area contributed by atoms with Crippen LogP contribution in [0.4, 0.5) is 4.39 Å². The summed E-state index contributed by atoms with van der Waals surface area (Å²) in [5.74, 6) is 0.0879. The Bertz CT molecular complexity index is 978. The fourth-order valence-electron chi connectivity index (χ4n) is 3.73. The normalized spacial score (nSPS) is 12.2. The van der Waals surface area contributed by atoms with Crippen LogP contribution in [0.15, 0.2) is 53.5 Å². The van der Waals surface area contributed by atoms with Crippen molar-refractivity contribution in [3.63, 3.8) is 0 Å². The molecule has 2 aromatic rings. The zero-order valence-electron chi connectivity index (χ0n) is 19.3. The third-order valence-electron chi connectivity index (χ3n) is 5.67. The molecule has 178 valence electrons. The molecule has 0 saturated carbocycles. The maximum Gasteiger partial charge on any atom is 0.191 e. The van der Waals surface area contributed by atoms with Gasteiger partial charge in [0.25, 0.3) is 0 Å². The van der Waals surface area contributed by atoms with Crippen molar-refractivity contribution < 1.29 is 12.8 Å². The standard InChI is InChI=1S/C24H34FN3O2S.HI/c1-5-24(6-2,21-11-9-8-10-12-21)18-28-23(26-7-3)27-16-20-15-22(25)14-13-19(20)17-31(4,29)30;/h8-15H,5-7,16-18H2,1-4H3,(H2,26,27,28);1H. The molecule has 5 nitrogen and oxygen atoms in total. The van der Waals surface area contributed by atoms with Crippen LogP contribution in [0, 0.1) is 5.82 Å². The molecule has 8 heteroatoms. The minimum Gasteiger partial charge on any atom is -0.357 e. The minimum atomic E-state index is -3.23. The second-order valence-corrected chi connectivity index (χ2v) is 10.0. The number of halogens is 2. The van der Waals surface area contributed by atoms with E-state index in [-0.39, 0.29) is 41.7 Å². The van der Waals surface area contributed by atoms with Gasteiger partial charge in [0.15, 0.2) is 15.8 Å². The predicted molar refractivity (Wildman–Crippen MR) is 142 cm³/mol. The molecular weight excluding hydrogens is 540 g/mol. The van der Waals surface area contributed by atoms with E-state index >= 15 is 0 Å². The lowest BCUT2D eigenvalue weighted by Gasteiger charge is -2.33. The first kappa shape index (κ1) is 28.4. The number of sulfone groups is 1. The average Bonchev–Trinajstić information content (AvgIpc) is 2.74. The summed E-state index contributed by atoms with van der Waals surface area (Å²) in [6, 6.07) is 14.6. The van der Waals surface area contributed by atoms with E-state index in [1.165, 1.54) is 30.0 Å². The summed E-state index contributed by atoms with van der Waals surface area (Å²) in [4.78, 5) is 4.61. The zero-order chi connectivity index (χ0) is 22.9. The minimum absolute atomic E-state index is 0. The lowest BCUT2D eigenvalue weighted by molar-refractivity contribution is 0.389. The van der Waals surface area contributed by atoms with Crippen molar-refractivity contribution in [2.24, 2.45) is 4.99 Å². The van der Waals surface area contributed by atoms with Gasteiger partial charge in [0.05, 0.1) is 12.3 Å². The lowest BCUT2D eigenvalue weighted by atomic mass is 9.76. The smallest absolute Gasteiger partial charge is 0.191 e. The van der Waals surface area contributed by atoms with Crippen LogP contribution in [0.25, 0.3) is 0 Å². The Morgan fingerprint density at radius 1 is 1.00 bits per heavy atom. The lowest BCUT2D eigenvalue weighted by Crippen LogP contribution is -2.45. The summed E-state index contributed by atoms with van der Waals surface area (Å²) in [6.45, 7) is 7.93. The molecule has 0 saturated heterocycles. The number of benzene rings is 2. The third kappa shape index (κ3) is 8.35. The first-order valence-electron chi connectivity index (χ1n) is 10.8. The van der Waals surface area contributed by atoms with Gasteiger partial charge in [-0.15, -0.1) is 24.0 Å². The van der Waals surface area contributed by atoms with E-state index in [0.717, 1.165) is 12.8 Å². The molecule has 0 aliphatic carbocycles. The molecule has 0 aromatic heterocycles. The monoisotopic (exact) mass is 575 g/mol. The van der Waals surface area contributed by atoms with E-state index in [1.807, 2.05) is 13.0 Å². The number of hydrogen-bond donors (Lipinski definition) is 2. The summed E-state index contributed by atoms with van der Waals surface area (Å²) < 4.78 is 37.3. The van der Waals surface area contributed by atoms with Gasteiger partial charge < -0.3 is 10.6 Å². The molecular formula is C24H35FIN3O2S. The summed E-state index contributed by atoms with van der Waals surface area (Å²) >= 11 is 0. The van der Waals surface area contributed by atoms with Crippen LogP contribution in [0.5, 0.6) is 0 Å². The van der Waals surface area contributed by atoms with Crippen molar-refractivity contribution in [1.29, 1.82) is 0 Å². The Kier molecular flexibility index (Phi) is 11.6. The molecule has 0 heterocycles. The molecule has 0 atom stereocenters. The van der Waals surface area contributed by atoms with Gasteiger partial charge in [-0.25, -0.2) is 17.8 Å². The second-order valence-electron chi connectivity index (χ2n) is 7.89. The highest BCUT2D eigenvalue weighted by atomic mass is 127. The van der Waals surface area contributed by atoms with Gasteiger partial charge in [-0.05, 0) is 48.6 Å². The van der Waals surface area contributed by atoms with Crippen molar-refractivity contribution >= 4 is 39.8 Å². The van der Waals surface area contributed by atoms with Gasteiger partial charge in [-0.1, -0.05) is 50.2 Å². The topological polar surface area (TPSA) is 70.6 Å². The highest BCUT2D eigenvalue weighted by molar-refractivity contribution is 14.0. The van der Waals surface area contributed by atoms with E-state index < -0.39 is 15.7 Å². The van der Waals surface area contributed by atoms with Gasteiger partial charge in [-0.2, -0.15) is 0 Å².